The molecule has 1 heterocycles. The molecule has 48 valence electrons. The Kier molecular flexibility index (Phi) is 1.18. The highest BCUT2D eigenvalue weighted by atomic mass is 16.5. The van der Waals surface area contributed by atoms with E-state index in [1.807, 2.05) is 5.10 Å². The number of aromatic nitrogens is 3. The first-order valence-corrected chi connectivity index (χ1v) is 2.35. The van der Waals surface area contributed by atoms with Crippen molar-refractivity contribution in [1.82, 2.24) is 10.1 Å². The summed E-state index contributed by atoms with van der Waals surface area (Å²) in [6.45, 7) is 1.55. The molecule has 0 saturated carbocycles. The first-order valence-electron chi connectivity index (χ1n) is 2.35. The number of hydrogen-bond acceptors (Lipinski definition) is 3. The Hall–Kier alpha value is -1.39. The molecule has 0 amide bonds. The van der Waals surface area contributed by atoms with Gasteiger partial charge in [0, 0.05) is 6.92 Å². The second kappa shape index (κ2) is 1.85. The van der Waals surface area contributed by atoms with E-state index in [0.29, 0.717) is 10.5 Å². The highest BCUT2D eigenvalue weighted by Gasteiger charge is 1.95. The summed E-state index contributed by atoms with van der Waals surface area (Å²) in [4.78, 5) is 13.9. The van der Waals surface area contributed by atoms with Crippen molar-refractivity contribution < 1.29 is 4.85 Å². The average Bonchev–Trinajstić information content (AvgIpc) is 1.80. The summed E-state index contributed by atoms with van der Waals surface area (Å²) in [6.07, 6.45) is 1.21. The first-order chi connectivity index (χ1) is 4.20. The summed E-state index contributed by atoms with van der Waals surface area (Å²) in [6, 6.07) is 0. The molecule has 5 heteroatoms. The van der Waals surface area contributed by atoms with Crippen molar-refractivity contribution >= 4 is 0 Å². The van der Waals surface area contributed by atoms with Gasteiger partial charge >= 0.3 is 5.69 Å². The van der Waals surface area contributed by atoms with Crippen LogP contribution in [0.15, 0.2) is 11.0 Å². The molecule has 0 aliphatic rings. The normalized spacial score (nSPS) is 9.44. The van der Waals surface area contributed by atoms with E-state index < -0.39 is 5.69 Å². The number of rotatable bonds is 0. The van der Waals surface area contributed by atoms with Crippen LogP contribution in [0.3, 0.4) is 0 Å². The van der Waals surface area contributed by atoms with E-state index in [1.165, 1.54) is 6.20 Å². The smallest absolute Gasteiger partial charge is 0.395 e. The van der Waals surface area contributed by atoms with Crippen LogP contribution in [0.2, 0.25) is 0 Å². The fourth-order valence-electron chi connectivity index (χ4n) is 0.408. The minimum atomic E-state index is -0.629. The molecule has 0 radical (unpaired) electrons. The Morgan fingerprint density at radius 3 is 3.00 bits per heavy atom. The molecular weight excluding hydrogens is 122 g/mol. The largest absolute Gasteiger partial charge is 0.596 e. The van der Waals surface area contributed by atoms with Crippen molar-refractivity contribution in [2.75, 3.05) is 0 Å². The zero-order chi connectivity index (χ0) is 6.85. The van der Waals surface area contributed by atoms with E-state index in [2.05, 4.69) is 4.98 Å². The first kappa shape index (κ1) is 5.74. The number of nitrogens with zero attached hydrogens (tertiary/aromatic N) is 2. The molecule has 0 aromatic carbocycles. The molecule has 0 atom stereocenters. The summed E-state index contributed by atoms with van der Waals surface area (Å²) in [5.74, 6) is 0. The summed E-state index contributed by atoms with van der Waals surface area (Å²) in [5.41, 5.74) is -0.259. The van der Waals surface area contributed by atoms with Crippen molar-refractivity contribution in [3.05, 3.63) is 27.6 Å². The fourth-order valence-corrected chi connectivity index (χ4v) is 0.408. The van der Waals surface area contributed by atoms with E-state index in [4.69, 9.17) is 0 Å². The maximum absolute atomic E-state index is 10.5. The van der Waals surface area contributed by atoms with Crippen LogP contribution in [0, 0.1) is 12.1 Å². The van der Waals surface area contributed by atoms with Crippen molar-refractivity contribution in [3.8, 4) is 0 Å². The van der Waals surface area contributed by atoms with E-state index in [9.17, 15) is 10.0 Å². The molecule has 0 bridgehead atoms. The van der Waals surface area contributed by atoms with Gasteiger partial charge in [-0.2, -0.15) is 4.98 Å². The second-order valence-corrected chi connectivity index (χ2v) is 1.61. The maximum atomic E-state index is 10.5. The SMILES string of the molecule is Cc1cnc(=O)[nH][n+]1[O-]. The lowest BCUT2D eigenvalue weighted by Gasteiger charge is -1.93. The Morgan fingerprint density at radius 2 is 2.56 bits per heavy atom. The number of hydrogen-bond donors (Lipinski definition) is 1. The zero-order valence-electron chi connectivity index (χ0n) is 4.79. The quantitative estimate of drug-likeness (QED) is 0.348. The van der Waals surface area contributed by atoms with E-state index in [-0.39, 0.29) is 0 Å². The molecule has 0 aliphatic heterocycles. The summed E-state index contributed by atoms with van der Waals surface area (Å²) >= 11 is 0. The molecule has 0 spiro atoms. The predicted octanol–water partition coefficient (Wildman–Crippen LogP) is -1.29. The van der Waals surface area contributed by atoms with Gasteiger partial charge in [-0.3, -0.25) is 0 Å². The van der Waals surface area contributed by atoms with Gasteiger partial charge in [-0.05, 0) is 0 Å². The van der Waals surface area contributed by atoms with Crippen LogP contribution in [0.5, 0.6) is 0 Å². The number of aryl methyl sites for hydroxylation is 1. The standard InChI is InChI=1S/C4H5N3O2/c1-3-2-5-4(8)6-7(3)9/h2H,1H3,(H,5,6,8). The Labute approximate surface area is 50.5 Å². The minimum Gasteiger partial charge on any atom is -0.596 e. The molecule has 0 aliphatic carbocycles. The van der Waals surface area contributed by atoms with E-state index in [0.717, 1.165) is 0 Å². The van der Waals surface area contributed by atoms with Crippen molar-refractivity contribution in [2.24, 2.45) is 0 Å². The van der Waals surface area contributed by atoms with Gasteiger partial charge in [-0.25, -0.2) is 4.79 Å². The Balaban J connectivity index is 3.34. The minimum absolute atomic E-state index is 0.370. The molecule has 1 aromatic heterocycles. The van der Waals surface area contributed by atoms with Crippen LogP contribution in [0.1, 0.15) is 5.69 Å². The highest BCUT2D eigenvalue weighted by Crippen LogP contribution is 1.72. The third-order valence-corrected chi connectivity index (χ3v) is 0.886. The average molecular weight is 127 g/mol. The monoisotopic (exact) mass is 127 g/mol. The highest BCUT2D eigenvalue weighted by molar-refractivity contribution is 4.77. The molecule has 0 fully saturated rings. The van der Waals surface area contributed by atoms with Gasteiger partial charge in [0.25, 0.3) is 0 Å². The Bertz CT molecular complexity index is 267. The summed E-state index contributed by atoms with van der Waals surface area (Å²) in [7, 11) is 0. The van der Waals surface area contributed by atoms with Gasteiger partial charge in [0.05, 0.1) is 0 Å². The van der Waals surface area contributed by atoms with Crippen LogP contribution in [-0.2, 0) is 0 Å². The molecular formula is C4H5N3O2. The van der Waals surface area contributed by atoms with Gasteiger partial charge in [-0.15, -0.1) is 0 Å². The van der Waals surface area contributed by atoms with E-state index >= 15 is 0 Å². The molecule has 0 unspecified atom stereocenters. The number of H-pyrrole nitrogens is 1. The summed E-state index contributed by atoms with van der Waals surface area (Å²) in [5, 5.41) is 12.4. The van der Waals surface area contributed by atoms with Gasteiger partial charge in [0.15, 0.2) is 0 Å². The maximum Gasteiger partial charge on any atom is 0.395 e. The lowest BCUT2D eigenvalue weighted by molar-refractivity contribution is -0.677. The topological polar surface area (TPSA) is 72.7 Å². The molecule has 9 heavy (non-hydrogen) atoms. The second-order valence-electron chi connectivity index (χ2n) is 1.61. The lowest BCUT2D eigenvalue weighted by Crippen LogP contribution is -2.41. The molecule has 1 aromatic rings. The molecule has 0 saturated heterocycles. The van der Waals surface area contributed by atoms with Crippen LogP contribution < -0.4 is 10.5 Å². The van der Waals surface area contributed by atoms with Gasteiger partial charge in [-0.1, -0.05) is 9.94 Å². The number of nitrogens with one attached hydrogen (secondary N) is 1. The van der Waals surface area contributed by atoms with Crippen molar-refractivity contribution in [2.45, 2.75) is 6.92 Å². The van der Waals surface area contributed by atoms with Crippen LogP contribution in [-0.4, -0.2) is 10.1 Å². The summed E-state index contributed by atoms with van der Waals surface area (Å²) < 4.78 is 0. The van der Waals surface area contributed by atoms with Gasteiger partial charge in [0.1, 0.15) is 6.20 Å². The molecule has 5 nitrogen and oxygen atoms in total. The van der Waals surface area contributed by atoms with Crippen LogP contribution in [0.25, 0.3) is 0 Å². The van der Waals surface area contributed by atoms with Crippen molar-refractivity contribution in [3.63, 3.8) is 0 Å². The zero-order valence-corrected chi connectivity index (χ0v) is 4.79. The molecule has 1 rings (SSSR count). The third-order valence-electron chi connectivity index (χ3n) is 0.886. The van der Waals surface area contributed by atoms with E-state index in [1.54, 1.807) is 6.92 Å². The van der Waals surface area contributed by atoms with Gasteiger partial charge in [0.2, 0.25) is 5.69 Å². The fraction of sp³-hybridized carbons (Fsp3) is 0.250. The Morgan fingerprint density at radius 1 is 1.89 bits per heavy atom. The van der Waals surface area contributed by atoms with Crippen LogP contribution >= 0.6 is 0 Å². The van der Waals surface area contributed by atoms with Gasteiger partial charge < -0.3 is 5.21 Å². The number of aromatic amines is 1. The molecule has 1 N–H and O–H groups in total. The van der Waals surface area contributed by atoms with Crippen LogP contribution in [0.4, 0.5) is 0 Å². The third kappa shape index (κ3) is 1.04. The predicted molar refractivity (Wildman–Crippen MR) is 28.6 cm³/mol. The lowest BCUT2D eigenvalue weighted by atomic mass is 10.6. The van der Waals surface area contributed by atoms with Crippen molar-refractivity contribution in [1.29, 1.82) is 0 Å².